The zero-order valence-corrected chi connectivity index (χ0v) is 17.4. The Kier molecular flexibility index (Phi) is 7.90. The highest BCUT2D eigenvalue weighted by molar-refractivity contribution is 6.30. The topological polar surface area (TPSA) is 35.6 Å². The van der Waals surface area contributed by atoms with Crippen molar-refractivity contribution in [2.24, 2.45) is 5.92 Å². The quantitative estimate of drug-likeness (QED) is 0.733. The van der Waals surface area contributed by atoms with E-state index in [0.29, 0.717) is 24.0 Å². The van der Waals surface area contributed by atoms with E-state index < -0.39 is 0 Å². The number of likely N-dealkylation sites (tertiary alicyclic amines) is 1. The number of nitrogens with one attached hydrogen (secondary N) is 1. The summed E-state index contributed by atoms with van der Waals surface area (Å²) in [6, 6.07) is 18.2. The maximum Gasteiger partial charge on any atom is 0.234 e. The van der Waals surface area contributed by atoms with Crippen molar-refractivity contribution in [3.8, 4) is 0 Å². The Balaban J connectivity index is 1.34. The molecule has 0 unspecified atom stereocenters. The zero-order chi connectivity index (χ0) is 19.8. The number of rotatable bonds is 8. The molecule has 2 aromatic rings. The number of hydrogen-bond donors (Lipinski definition) is 1. The van der Waals surface area contributed by atoms with E-state index in [2.05, 4.69) is 52.5 Å². The van der Waals surface area contributed by atoms with E-state index in [1.807, 2.05) is 24.3 Å². The fourth-order valence-electron chi connectivity index (χ4n) is 3.83. The highest BCUT2D eigenvalue weighted by Gasteiger charge is 2.21. The van der Waals surface area contributed by atoms with Crippen LogP contribution in [0, 0.1) is 5.92 Å². The van der Waals surface area contributed by atoms with Crippen molar-refractivity contribution >= 4 is 17.5 Å². The highest BCUT2D eigenvalue weighted by atomic mass is 35.5. The molecule has 0 spiro atoms. The number of halogens is 1. The summed E-state index contributed by atoms with van der Waals surface area (Å²) in [6.45, 7) is 5.10. The molecular formula is C23H30ClN3O. The van der Waals surface area contributed by atoms with E-state index in [1.165, 1.54) is 5.56 Å². The lowest BCUT2D eigenvalue weighted by molar-refractivity contribution is -0.122. The van der Waals surface area contributed by atoms with Gasteiger partial charge < -0.3 is 10.2 Å². The first kappa shape index (κ1) is 20.8. The Morgan fingerprint density at radius 2 is 1.82 bits per heavy atom. The number of nitrogens with zero attached hydrogens (tertiary/aromatic N) is 2. The Hall–Kier alpha value is -1.88. The largest absolute Gasteiger partial charge is 0.351 e. The lowest BCUT2D eigenvalue weighted by Gasteiger charge is -2.33. The second-order valence-electron chi connectivity index (χ2n) is 7.81. The van der Waals surface area contributed by atoms with E-state index in [0.717, 1.165) is 44.6 Å². The van der Waals surface area contributed by atoms with Gasteiger partial charge in [-0.3, -0.25) is 9.69 Å². The molecule has 1 aliphatic rings. The van der Waals surface area contributed by atoms with Gasteiger partial charge in [-0.1, -0.05) is 54.1 Å². The molecule has 0 bridgehead atoms. The molecule has 0 aliphatic carbocycles. The fourth-order valence-corrected chi connectivity index (χ4v) is 4.05. The molecule has 1 fully saturated rings. The van der Waals surface area contributed by atoms with Gasteiger partial charge in [-0.2, -0.15) is 0 Å². The van der Waals surface area contributed by atoms with Crippen LogP contribution in [0.15, 0.2) is 54.6 Å². The van der Waals surface area contributed by atoms with Crippen LogP contribution < -0.4 is 5.32 Å². The van der Waals surface area contributed by atoms with Crippen molar-refractivity contribution in [2.45, 2.75) is 25.9 Å². The molecular weight excluding hydrogens is 370 g/mol. The number of piperidine rings is 1. The van der Waals surface area contributed by atoms with Crippen LogP contribution in [0.3, 0.4) is 0 Å². The van der Waals surface area contributed by atoms with Crippen LogP contribution in [0.5, 0.6) is 0 Å². The summed E-state index contributed by atoms with van der Waals surface area (Å²) in [7, 11) is 2.20. The minimum Gasteiger partial charge on any atom is -0.351 e. The van der Waals surface area contributed by atoms with Gasteiger partial charge in [0.05, 0.1) is 6.54 Å². The van der Waals surface area contributed by atoms with Crippen molar-refractivity contribution in [1.82, 2.24) is 15.1 Å². The Bertz CT molecular complexity index is 745. The van der Waals surface area contributed by atoms with Crippen LogP contribution in [-0.4, -0.2) is 48.9 Å². The van der Waals surface area contributed by atoms with Crippen LogP contribution in [0.2, 0.25) is 5.02 Å². The number of amides is 1. The van der Waals surface area contributed by atoms with Gasteiger partial charge in [0, 0.05) is 24.7 Å². The van der Waals surface area contributed by atoms with E-state index in [4.69, 9.17) is 11.6 Å². The van der Waals surface area contributed by atoms with Crippen LogP contribution in [-0.2, 0) is 17.9 Å². The molecule has 3 rings (SSSR count). The van der Waals surface area contributed by atoms with E-state index in [9.17, 15) is 4.79 Å². The van der Waals surface area contributed by atoms with Gasteiger partial charge in [0.25, 0.3) is 0 Å². The molecule has 5 heteroatoms. The molecule has 1 heterocycles. The van der Waals surface area contributed by atoms with Gasteiger partial charge in [0.2, 0.25) is 5.91 Å². The minimum atomic E-state index is 0.0830. The SMILES string of the molecule is CN(Cc1ccccc1)CC1CCN(CC(=O)NCc2cccc(Cl)c2)CC1. The molecule has 1 saturated heterocycles. The molecule has 4 nitrogen and oxygen atoms in total. The molecule has 2 aromatic carbocycles. The zero-order valence-electron chi connectivity index (χ0n) is 16.6. The molecule has 1 amide bonds. The average Bonchev–Trinajstić information content (AvgIpc) is 2.69. The third-order valence-corrected chi connectivity index (χ3v) is 5.55. The first-order valence-electron chi connectivity index (χ1n) is 10.0. The van der Waals surface area contributed by atoms with Crippen molar-refractivity contribution in [2.75, 3.05) is 33.2 Å². The molecule has 1 aliphatic heterocycles. The minimum absolute atomic E-state index is 0.0830. The molecule has 0 saturated carbocycles. The Morgan fingerprint density at radius 3 is 2.54 bits per heavy atom. The summed E-state index contributed by atoms with van der Waals surface area (Å²) in [5.74, 6) is 0.791. The predicted molar refractivity (Wildman–Crippen MR) is 115 cm³/mol. The number of benzene rings is 2. The molecule has 0 atom stereocenters. The molecule has 150 valence electrons. The number of hydrogen-bond acceptors (Lipinski definition) is 3. The van der Waals surface area contributed by atoms with Crippen molar-refractivity contribution in [1.29, 1.82) is 0 Å². The fraction of sp³-hybridized carbons (Fsp3) is 0.435. The van der Waals surface area contributed by atoms with Gasteiger partial charge in [-0.05, 0) is 62.2 Å². The van der Waals surface area contributed by atoms with Gasteiger partial charge >= 0.3 is 0 Å². The summed E-state index contributed by atoms with van der Waals surface area (Å²) in [6.07, 6.45) is 2.31. The summed E-state index contributed by atoms with van der Waals surface area (Å²) in [4.78, 5) is 16.9. The number of carbonyl (C=O) groups excluding carboxylic acids is 1. The van der Waals surface area contributed by atoms with E-state index in [1.54, 1.807) is 0 Å². The van der Waals surface area contributed by atoms with E-state index in [-0.39, 0.29) is 5.91 Å². The third-order valence-electron chi connectivity index (χ3n) is 5.32. The second-order valence-corrected chi connectivity index (χ2v) is 8.24. The van der Waals surface area contributed by atoms with Gasteiger partial charge in [-0.25, -0.2) is 0 Å². The summed E-state index contributed by atoms with van der Waals surface area (Å²) >= 11 is 5.99. The summed E-state index contributed by atoms with van der Waals surface area (Å²) in [5, 5.41) is 3.70. The predicted octanol–water partition coefficient (Wildman–Crippen LogP) is 3.80. The Labute approximate surface area is 173 Å². The normalized spacial score (nSPS) is 15.7. The smallest absolute Gasteiger partial charge is 0.234 e. The first-order chi connectivity index (χ1) is 13.6. The average molecular weight is 400 g/mol. The lowest BCUT2D eigenvalue weighted by atomic mass is 9.96. The number of carbonyl (C=O) groups is 1. The Morgan fingerprint density at radius 1 is 1.11 bits per heavy atom. The lowest BCUT2D eigenvalue weighted by Crippen LogP contribution is -2.42. The summed E-state index contributed by atoms with van der Waals surface area (Å²) < 4.78 is 0. The molecule has 0 radical (unpaired) electrons. The van der Waals surface area contributed by atoms with Gasteiger partial charge in [-0.15, -0.1) is 0 Å². The van der Waals surface area contributed by atoms with Crippen molar-refractivity contribution in [3.05, 3.63) is 70.7 Å². The standard InChI is InChI=1S/C23H30ClN3O/c1-26(16-19-6-3-2-4-7-19)17-20-10-12-27(13-11-20)18-23(28)25-15-21-8-5-9-22(24)14-21/h2-9,14,20H,10-13,15-18H2,1H3,(H,25,28). The van der Waals surface area contributed by atoms with E-state index >= 15 is 0 Å². The first-order valence-corrected chi connectivity index (χ1v) is 10.4. The molecule has 28 heavy (non-hydrogen) atoms. The van der Waals surface area contributed by atoms with Crippen LogP contribution in [0.1, 0.15) is 24.0 Å². The summed E-state index contributed by atoms with van der Waals surface area (Å²) in [5.41, 5.74) is 2.39. The highest BCUT2D eigenvalue weighted by Crippen LogP contribution is 2.19. The van der Waals surface area contributed by atoms with Crippen molar-refractivity contribution in [3.63, 3.8) is 0 Å². The van der Waals surface area contributed by atoms with Crippen molar-refractivity contribution < 1.29 is 4.79 Å². The second kappa shape index (κ2) is 10.6. The van der Waals surface area contributed by atoms with Gasteiger partial charge in [0.15, 0.2) is 0 Å². The monoisotopic (exact) mass is 399 g/mol. The molecule has 1 N–H and O–H groups in total. The van der Waals surface area contributed by atoms with Crippen LogP contribution in [0.4, 0.5) is 0 Å². The maximum absolute atomic E-state index is 12.2. The van der Waals surface area contributed by atoms with Crippen LogP contribution >= 0.6 is 11.6 Å². The van der Waals surface area contributed by atoms with Crippen LogP contribution in [0.25, 0.3) is 0 Å². The maximum atomic E-state index is 12.2. The molecule has 0 aromatic heterocycles. The third kappa shape index (κ3) is 6.93. The van der Waals surface area contributed by atoms with Gasteiger partial charge in [0.1, 0.15) is 0 Å².